The Hall–Kier alpha value is -1.30. The second kappa shape index (κ2) is 8.39. The standard InChI is InChI=1S/C19H35N3O3/c1-15-6-8-16(9-7-15)20(5)17(23)14-21-10-12-22(13-11-21)18(24)25-19(2,3)4/h15-16H,6-14H2,1-5H3. The van der Waals surface area contributed by atoms with Gasteiger partial charge in [-0.05, 0) is 52.4 Å². The number of piperazine rings is 1. The summed E-state index contributed by atoms with van der Waals surface area (Å²) in [6.07, 6.45) is 4.42. The minimum atomic E-state index is -0.468. The molecule has 2 rings (SSSR count). The van der Waals surface area contributed by atoms with E-state index in [1.54, 1.807) is 4.90 Å². The van der Waals surface area contributed by atoms with Gasteiger partial charge >= 0.3 is 6.09 Å². The molecule has 0 radical (unpaired) electrons. The Morgan fingerprint density at radius 1 is 1.04 bits per heavy atom. The highest BCUT2D eigenvalue weighted by molar-refractivity contribution is 5.78. The van der Waals surface area contributed by atoms with Crippen LogP contribution < -0.4 is 0 Å². The average Bonchev–Trinajstić information content (AvgIpc) is 2.54. The lowest BCUT2D eigenvalue weighted by atomic mass is 9.87. The first-order chi connectivity index (χ1) is 11.7. The van der Waals surface area contributed by atoms with E-state index < -0.39 is 5.60 Å². The van der Waals surface area contributed by atoms with Crippen molar-refractivity contribution in [2.45, 2.75) is 65.0 Å². The number of carbonyl (C=O) groups excluding carboxylic acids is 2. The Morgan fingerprint density at radius 3 is 2.12 bits per heavy atom. The first kappa shape index (κ1) is 20.0. The fourth-order valence-electron chi connectivity index (χ4n) is 3.55. The smallest absolute Gasteiger partial charge is 0.410 e. The predicted molar refractivity (Wildman–Crippen MR) is 98.4 cm³/mol. The van der Waals surface area contributed by atoms with Crippen LogP contribution in [0.1, 0.15) is 53.4 Å². The minimum absolute atomic E-state index is 0.199. The first-order valence-corrected chi connectivity index (χ1v) is 9.61. The van der Waals surface area contributed by atoms with Gasteiger partial charge in [-0.1, -0.05) is 6.92 Å². The molecule has 2 amide bonds. The Bertz CT molecular complexity index is 459. The van der Waals surface area contributed by atoms with Gasteiger partial charge in [0.25, 0.3) is 0 Å². The van der Waals surface area contributed by atoms with Gasteiger partial charge in [0.1, 0.15) is 5.60 Å². The molecule has 1 aliphatic carbocycles. The van der Waals surface area contributed by atoms with Gasteiger partial charge in [-0.2, -0.15) is 0 Å². The Morgan fingerprint density at radius 2 is 1.60 bits per heavy atom. The van der Waals surface area contributed by atoms with Gasteiger partial charge in [0.2, 0.25) is 5.91 Å². The molecule has 0 N–H and O–H groups in total. The van der Waals surface area contributed by atoms with Crippen molar-refractivity contribution in [2.24, 2.45) is 5.92 Å². The van der Waals surface area contributed by atoms with E-state index in [4.69, 9.17) is 4.74 Å². The summed E-state index contributed by atoms with van der Waals surface area (Å²) in [4.78, 5) is 30.5. The number of ether oxygens (including phenoxy) is 1. The highest BCUT2D eigenvalue weighted by atomic mass is 16.6. The lowest BCUT2D eigenvalue weighted by Gasteiger charge is -2.37. The second-order valence-corrected chi connectivity index (χ2v) is 8.66. The predicted octanol–water partition coefficient (Wildman–Crippen LogP) is 2.58. The summed E-state index contributed by atoms with van der Waals surface area (Å²) >= 11 is 0. The van der Waals surface area contributed by atoms with Crippen LogP contribution in [0.2, 0.25) is 0 Å². The average molecular weight is 354 g/mol. The number of hydrogen-bond donors (Lipinski definition) is 0. The molecule has 6 heteroatoms. The van der Waals surface area contributed by atoms with Crippen LogP contribution in [0, 0.1) is 5.92 Å². The third kappa shape index (κ3) is 6.17. The largest absolute Gasteiger partial charge is 0.444 e. The monoisotopic (exact) mass is 353 g/mol. The van der Waals surface area contributed by atoms with E-state index >= 15 is 0 Å². The van der Waals surface area contributed by atoms with Crippen LogP contribution in [0.25, 0.3) is 0 Å². The van der Waals surface area contributed by atoms with Crippen LogP contribution in [0.15, 0.2) is 0 Å². The third-order valence-corrected chi connectivity index (χ3v) is 5.31. The second-order valence-electron chi connectivity index (χ2n) is 8.66. The van der Waals surface area contributed by atoms with Gasteiger partial charge in [-0.25, -0.2) is 4.79 Å². The number of nitrogens with zero attached hydrogens (tertiary/aromatic N) is 3. The summed E-state index contributed by atoms with van der Waals surface area (Å²) in [6.45, 7) is 11.1. The van der Waals surface area contributed by atoms with Crippen molar-refractivity contribution < 1.29 is 14.3 Å². The van der Waals surface area contributed by atoms with E-state index in [1.807, 2.05) is 32.7 Å². The number of carbonyl (C=O) groups is 2. The molecule has 1 heterocycles. The van der Waals surface area contributed by atoms with Crippen molar-refractivity contribution in [2.75, 3.05) is 39.8 Å². The fourth-order valence-corrected chi connectivity index (χ4v) is 3.55. The molecule has 0 aromatic carbocycles. The van der Waals surface area contributed by atoms with Crippen LogP contribution >= 0.6 is 0 Å². The molecule has 2 aliphatic rings. The molecule has 0 atom stereocenters. The number of hydrogen-bond acceptors (Lipinski definition) is 4. The van der Waals surface area contributed by atoms with Crippen LogP contribution in [-0.2, 0) is 9.53 Å². The highest BCUT2D eigenvalue weighted by Crippen LogP contribution is 2.26. The maximum Gasteiger partial charge on any atom is 0.410 e. The van der Waals surface area contributed by atoms with Crippen molar-refractivity contribution in [3.8, 4) is 0 Å². The molecule has 0 aromatic heterocycles. The molecule has 0 spiro atoms. The zero-order valence-electron chi connectivity index (χ0n) is 16.6. The van der Waals surface area contributed by atoms with Crippen molar-refractivity contribution in [1.29, 1.82) is 0 Å². The summed E-state index contributed by atoms with van der Waals surface area (Å²) in [6, 6.07) is 0.395. The normalized spacial score (nSPS) is 25.6. The van der Waals surface area contributed by atoms with E-state index in [1.165, 1.54) is 12.8 Å². The number of amides is 2. The van der Waals surface area contributed by atoms with E-state index in [9.17, 15) is 9.59 Å². The first-order valence-electron chi connectivity index (χ1n) is 9.61. The van der Waals surface area contributed by atoms with Crippen LogP contribution in [0.3, 0.4) is 0 Å². The van der Waals surface area contributed by atoms with Gasteiger partial charge in [0, 0.05) is 39.3 Å². The van der Waals surface area contributed by atoms with E-state index in [-0.39, 0.29) is 12.0 Å². The third-order valence-electron chi connectivity index (χ3n) is 5.31. The molecule has 2 fully saturated rings. The molecular formula is C19H35N3O3. The molecule has 25 heavy (non-hydrogen) atoms. The molecular weight excluding hydrogens is 318 g/mol. The molecule has 1 saturated heterocycles. The minimum Gasteiger partial charge on any atom is -0.444 e. The quantitative estimate of drug-likeness (QED) is 0.782. The lowest BCUT2D eigenvalue weighted by molar-refractivity contribution is -0.134. The van der Waals surface area contributed by atoms with Gasteiger partial charge in [0.05, 0.1) is 6.54 Å². The highest BCUT2D eigenvalue weighted by Gasteiger charge is 2.29. The van der Waals surface area contributed by atoms with Gasteiger partial charge in [0.15, 0.2) is 0 Å². The number of likely N-dealkylation sites (N-methyl/N-ethyl adjacent to an activating group) is 1. The van der Waals surface area contributed by atoms with E-state index in [2.05, 4.69) is 11.8 Å². The van der Waals surface area contributed by atoms with Gasteiger partial charge in [-0.3, -0.25) is 9.69 Å². The summed E-state index contributed by atoms with van der Waals surface area (Å²) in [5, 5.41) is 0. The maximum absolute atomic E-state index is 12.6. The molecule has 0 unspecified atom stereocenters. The fraction of sp³-hybridized carbons (Fsp3) is 0.895. The summed E-state index contributed by atoms with van der Waals surface area (Å²) < 4.78 is 5.41. The van der Waals surface area contributed by atoms with Crippen molar-refractivity contribution in [1.82, 2.24) is 14.7 Å². The molecule has 1 aliphatic heterocycles. The topological polar surface area (TPSA) is 53.1 Å². The van der Waals surface area contributed by atoms with Crippen molar-refractivity contribution in [3.05, 3.63) is 0 Å². The molecule has 144 valence electrons. The van der Waals surface area contributed by atoms with Crippen LogP contribution in [-0.4, -0.2) is 78.1 Å². The molecule has 0 bridgehead atoms. The van der Waals surface area contributed by atoms with Crippen LogP contribution in [0.5, 0.6) is 0 Å². The Balaban J connectivity index is 1.74. The summed E-state index contributed by atoms with van der Waals surface area (Å²) in [5.41, 5.74) is -0.468. The summed E-state index contributed by atoms with van der Waals surface area (Å²) in [5.74, 6) is 0.992. The lowest BCUT2D eigenvalue weighted by Crippen LogP contribution is -2.53. The molecule has 1 saturated carbocycles. The molecule has 6 nitrogen and oxygen atoms in total. The van der Waals surface area contributed by atoms with Crippen molar-refractivity contribution in [3.63, 3.8) is 0 Å². The number of rotatable bonds is 3. The van der Waals surface area contributed by atoms with Gasteiger partial charge in [-0.15, -0.1) is 0 Å². The van der Waals surface area contributed by atoms with Crippen LogP contribution in [0.4, 0.5) is 4.79 Å². The van der Waals surface area contributed by atoms with E-state index in [0.717, 1.165) is 31.8 Å². The summed E-state index contributed by atoms with van der Waals surface area (Å²) in [7, 11) is 1.94. The zero-order chi connectivity index (χ0) is 18.6. The SMILES string of the molecule is CC1CCC(N(C)C(=O)CN2CCN(C(=O)OC(C)(C)C)CC2)CC1. The Kier molecular flexibility index (Phi) is 6.72. The van der Waals surface area contributed by atoms with Crippen molar-refractivity contribution >= 4 is 12.0 Å². The van der Waals surface area contributed by atoms with Gasteiger partial charge < -0.3 is 14.5 Å². The molecule has 0 aromatic rings. The Labute approximate surface area is 152 Å². The van der Waals surface area contributed by atoms with E-state index in [0.29, 0.717) is 25.7 Å². The zero-order valence-corrected chi connectivity index (χ0v) is 16.6. The maximum atomic E-state index is 12.6.